The third-order valence-electron chi connectivity index (χ3n) is 3.66. The lowest BCUT2D eigenvalue weighted by Crippen LogP contribution is -2.29. The molecule has 9 heteroatoms. The fourth-order valence-electron chi connectivity index (χ4n) is 2.48. The van der Waals surface area contributed by atoms with Crippen molar-refractivity contribution in [3.8, 4) is 0 Å². The molecule has 0 aliphatic heterocycles. The number of rotatable bonds is 5. The van der Waals surface area contributed by atoms with Gasteiger partial charge in [0.1, 0.15) is 0 Å². The highest BCUT2D eigenvalue weighted by Gasteiger charge is 2.18. The van der Waals surface area contributed by atoms with Crippen molar-refractivity contribution in [1.29, 1.82) is 0 Å². The maximum absolute atomic E-state index is 12.4. The van der Waals surface area contributed by atoms with Crippen LogP contribution in [0.1, 0.15) is 12.5 Å². The molecule has 0 unspecified atom stereocenters. The molecule has 3 aromatic rings. The van der Waals surface area contributed by atoms with E-state index < -0.39 is 17.4 Å². The van der Waals surface area contributed by atoms with E-state index in [1.165, 1.54) is 16.3 Å². The molecule has 0 saturated heterocycles. The second kappa shape index (κ2) is 7.19. The summed E-state index contributed by atoms with van der Waals surface area (Å²) >= 11 is 4.79. The third-order valence-corrected chi connectivity index (χ3v) is 5.37. The summed E-state index contributed by atoms with van der Waals surface area (Å²) in [7, 11) is 1.57. The molecule has 0 amide bonds. The molecule has 7 nitrogen and oxygen atoms in total. The van der Waals surface area contributed by atoms with Gasteiger partial charge in [-0.1, -0.05) is 39.8 Å². The van der Waals surface area contributed by atoms with Gasteiger partial charge in [-0.2, -0.15) is 0 Å². The number of benzene rings is 1. The average molecular weight is 425 g/mol. The number of aliphatic hydroxyl groups is 1. The zero-order chi connectivity index (χ0) is 18.1. The molecule has 0 aliphatic rings. The van der Waals surface area contributed by atoms with E-state index >= 15 is 0 Å². The van der Waals surface area contributed by atoms with Gasteiger partial charge in [0, 0.05) is 17.3 Å². The van der Waals surface area contributed by atoms with E-state index in [0.717, 1.165) is 10.0 Å². The Morgan fingerprint density at radius 1 is 1.40 bits per heavy atom. The van der Waals surface area contributed by atoms with Gasteiger partial charge in [0.2, 0.25) is 0 Å². The molecule has 3 rings (SSSR count). The third kappa shape index (κ3) is 3.73. The minimum Gasteiger partial charge on any atom is -0.393 e. The van der Waals surface area contributed by atoms with Crippen LogP contribution in [0.4, 0.5) is 0 Å². The molecule has 2 aromatic heterocycles. The summed E-state index contributed by atoms with van der Waals surface area (Å²) in [4.78, 5) is 31.0. The SMILES string of the molecule is C[C@@H](O)CSc1nc2c(c(=O)[nH]c(=O)n2C)n1Cc1cccc(Br)c1. The van der Waals surface area contributed by atoms with Gasteiger partial charge in [0.25, 0.3) is 5.56 Å². The highest BCUT2D eigenvalue weighted by molar-refractivity contribution is 9.10. The number of hydrogen-bond acceptors (Lipinski definition) is 5. The molecule has 0 aliphatic carbocycles. The summed E-state index contributed by atoms with van der Waals surface area (Å²) in [5, 5.41) is 10.2. The lowest BCUT2D eigenvalue weighted by molar-refractivity contribution is 0.220. The van der Waals surface area contributed by atoms with Crippen LogP contribution in [0.25, 0.3) is 11.2 Å². The number of imidazole rings is 1. The summed E-state index contributed by atoms with van der Waals surface area (Å²) in [6.45, 7) is 2.12. The normalized spacial score (nSPS) is 12.6. The monoisotopic (exact) mass is 424 g/mol. The van der Waals surface area contributed by atoms with Crippen molar-refractivity contribution >= 4 is 38.9 Å². The maximum atomic E-state index is 12.4. The Kier molecular flexibility index (Phi) is 5.16. The molecular weight excluding hydrogens is 408 g/mol. The highest BCUT2D eigenvalue weighted by atomic mass is 79.9. The number of aromatic amines is 1. The molecule has 1 aromatic carbocycles. The average Bonchev–Trinajstić information content (AvgIpc) is 2.90. The van der Waals surface area contributed by atoms with Gasteiger partial charge in [0.15, 0.2) is 16.3 Å². The van der Waals surface area contributed by atoms with Crippen LogP contribution in [-0.2, 0) is 13.6 Å². The van der Waals surface area contributed by atoms with Crippen molar-refractivity contribution in [2.75, 3.05) is 5.75 Å². The van der Waals surface area contributed by atoms with Crippen molar-refractivity contribution in [3.63, 3.8) is 0 Å². The first-order valence-corrected chi connectivity index (χ1v) is 9.39. The molecule has 0 saturated carbocycles. The Morgan fingerprint density at radius 3 is 2.84 bits per heavy atom. The zero-order valence-corrected chi connectivity index (χ0v) is 16.1. The predicted octanol–water partition coefficient (Wildman–Crippen LogP) is 1.71. The Balaban J connectivity index is 2.18. The summed E-state index contributed by atoms with van der Waals surface area (Å²) < 4.78 is 4.04. The topological polar surface area (TPSA) is 92.9 Å². The Hall–Kier alpha value is -1.84. The zero-order valence-electron chi connectivity index (χ0n) is 13.7. The van der Waals surface area contributed by atoms with Gasteiger partial charge in [-0.25, -0.2) is 9.78 Å². The van der Waals surface area contributed by atoms with Crippen LogP contribution in [0.15, 0.2) is 43.5 Å². The molecule has 2 N–H and O–H groups in total. The lowest BCUT2D eigenvalue weighted by Gasteiger charge is -2.10. The van der Waals surface area contributed by atoms with Crippen LogP contribution in [0.3, 0.4) is 0 Å². The largest absolute Gasteiger partial charge is 0.393 e. The van der Waals surface area contributed by atoms with Gasteiger partial charge in [-0.15, -0.1) is 0 Å². The highest BCUT2D eigenvalue weighted by Crippen LogP contribution is 2.24. The molecule has 132 valence electrons. The minimum atomic E-state index is -0.508. The molecule has 2 heterocycles. The lowest BCUT2D eigenvalue weighted by atomic mass is 10.2. The summed E-state index contributed by atoms with van der Waals surface area (Å²) in [6.07, 6.45) is -0.508. The predicted molar refractivity (Wildman–Crippen MR) is 101 cm³/mol. The fourth-order valence-corrected chi connectivity index (χ4v) is 3.78. The molecular formula is C16H17BrN4O3S. The Labute approximate surface area is 155 Å². The van der Waals surface area contributed by atoms with E-state index in [4.69, 9.17) is 0 Å². The fraction of sp³-hybridized carbons (Fsp3) is 0.312. The van der Waals surface area contributed by atoms with Crippen LogP contribution >= 0.6 is 27.7 Å². The molecule has 0 fully saturated rings. The number of H-pyrrole nitrogens is 1. The first kappa shape index (κ1) is 18.0. The molecule has 0 radical (unpaired) electrons. The van der Waals surface area contributed by atoms with E-state index in [2.05, 4.69) is 25.9 Å². The van der Waals surface area contributed by atoms with Crippen LogP contribution < -0.4 is 11.2 Å². The van der Waals surface area contributed by atoms with E-state index in [9.17, 15) is 14.7 Å². The first-order chi connectivity index (χ1) is 11.9. The minimum absolute atomic E-state index is 0.330. The van der Waals surface area contributed by atoms with Crippen LogP contribution in [0, 0.1) is 0 Å². The number of aliphatic hydroxyl groups excluding tert-OH is 1. The van der Waals surface area contributed by atoms with Gasteiger partial charge < -0.3 is 9.67 Å². The summed E-state index contributed by atoms with van der Waals surface area (Å²) in [5.74, 6) is 0.438. The second-order valence-electron chi connectivity index (χ2n) is 5.76. The first-order valence-electron chi connectivity index (χ1n) is 7.61. The van der Waals surface area contributed by atoms with Gasteiger partial charge in [0.05, 0.1) is 12.6 Å². The van der Waals surface area contributed by atoms with Gasteiger partial charge in [-0.3, -0.25) is 14.3 Å². The van der Waals surface area contributed by atoms with Crippen molar-refractivity contribution in [2.45, 2.75) is 24.7 Å². The molecule has 0 bridgehead atoms. The number of halogens is 1. The van der Waals surface area contributed by atoms with Crippen LogP contribution in [0.5, 0.6) is 0 Å². The van der Waals surface area contributed by atoms with E-state index in [0.29, 0.717) is 28.6 Å². The summed E-state index contributed by atoms with van der Waals surface area (Å²) in [5.41, 5.74) is 0.689. The number of fused-ring (bicyclic) bond motifs is 1. The number of aromatic nitrogens is 4. The summed E-state index contributed by atoms with van der Waals surface area (Å²) in [6, 6.07) is 7.76. The van der Waals surface area contributed by atoms with Crippen molar-refractivity contribution in [3.05, 3.63) is 55.1 Å². The number of nitrogens with zero attached hydrogens (tertiary/aromatic N) is 3. The van der Waals surface area contributed by atoms with Crippen molar-refractivity contribution in [1.82, 2.24) is 19.1 Å². The van der Waals surface area contributed by atoms with E-state index in [-0.39, 0.29) is 0 Å². The standard InChI is InChI=1S/C16H17BrN4O3S/c1-9(22)8-25-16-18-13-12(14(23)19-15(24)20(13)2)21(16)7-10-4-3-5-11(17)6-10/h3-6,9,22H,7-8H2,1-2H3,(H,19,23,24)/t9-/m1/s1. The van der Waals surface area contributed by atoms with Crippen molar-refractivity contribution < 1.29 is 5.11 Å². The van der Waals surface area contributed by atoms with Crippen LogP contribution in [0.2, 0.25) is 0 Å². The van der Waals surface area contributed by atoms with Crippen molar-refractivity contribution in [2.24, 2.45) is 7.05 Å². The Morgan fingerprint density at radius 2 is 2.16 bits per heavy atom. The number of nitrogens with one attached hydrogen (secondary N) is 1. The smallest absolute Gasteiger partial charge is 0.329 e. The van der Waals surface area contributed by atoms with Gasteiger partial charge in [-0.05, 0) is 24.6 Å². The van der Waals surface area contributed by atoms with E-state index in [1.807, 2.05) is 24.3 Å². The quantitative estimate of drug-likeness (QED) is 0.608. The number of thioether (sulfide) groups is 1. The second-order valence-corrected chi connectivity index (χ2v) is 7.66. The number of hydrogen-bond donors (Lipinski definition) is 2. The van der Waals surface area contributed by atoms with Crippen LogP contribution in [-0.4, -0.2) is 36.1 Å². The molecule has 25 heavy (non-hydrogen) atoms. The Bertz CT molecular complexity index is 1040. The molecule has 0 spiro atoms. The van der Waals surface area contributed by atoms with E-state index in [1.54, 1.807) is 18.5 Å². The van der Waals surface area contributed by atoms with Gasteiger partial charge >= 0.3 is 5.69 Å². The molecule has 1 atom stereocenters. The maximum Gasteiger partial charge on any atom is 0.329 e. The number of aryl methyl sites for hydroxylation is 1.